The summed E-state index contributed by atoms with van der Waals surface area (Å²) in [6, 6.07) is 91.2. The molecule has 300 valence electrons. The van der Waals surface area contributed by atoms with Gasteiger partial charge < -0.3 is 4.90 Å². The lowest BCUT2D eigenvalue weighted by Gasteiger charge is -2.29. The van der Waals surface area contributed by atoms with Gasteiger partial charge >= 0.3 is 0 Å². The number of nitrogens with zero attached hydrogens (tertiary/aromatic N) is 1. The molecule has 0 aliphatic rings. The molecule has 2 heteroatoms. The second-order valence-electron chi connectivity index (χ2n) is 16.5. The molecule has 12 rings (SSSR count). The maximum Gasteiger partial charge on any atom is 0.0546 e. The Morgan fingerprint density at radius 2 is 0.750 bits per heavy atom. The molecule has 0 amide bonds. The summed E-state index contributed by atoms with van der Waals surface area (Å²) in [5.74, 6) is 0. The molecule has 0 N–H and O–H groups in total. The van der Waals surface area contributed by atoms with Gasteiger partial charge in [-0.25, -0.2) is 0 Å². The molecule has 1 nitrogen and oxygen atoms in total. The van der Waals surface area contributed by atoms with Crippen LogP contribution < -0.4 is 4.90 Å². The fourth-order valence-electron chi connectivity index (χ4n) is 9.33. The van der Waals surface area contributed by atoms with E-state index >= 15 is 0 Å². The van der Waals surface area contributed by atoms with Gasteiger partial charge in [-0.3, -0.25) is 0 Å². The van der Waals surface area contributed by atoms with E-state index in [9.17, 15) is 0 Å². The summed E-state index contributed by atoms with van der Waals surface area (Å²) in [5, 5.41) is 7.58. The molecule has 64 heavy (non-hydrogen) atoms. The highest BCUT2D eigenvalue weighted by Crippen LogP contribution is 2.45. The number of fused-ring (bicyclic) bond motifs is 5. The molecule has 0 aliphatic heterocycles. The van der Waals surface area contributed by atoms with E-state index in [0.717, 1.165) is 22.6 Å². The molecule has 0 saturated carbocycles. The molecule has 1 aromatic heterocycles. The van der Waals surface area contributed by atoms with Crippen LogP contribution in [-0.4, -0.2) is 0 Å². The Morgan fingerprint density at radius 1 is 0.250 bits per heavy atom. The van der Waals surface area contributed by atoms with E-state index in [2.05, 4.69) is 254 Å². The van der Waals surface area contributed by atoms with Gasteiger partial charge in [0.25, 0.3) is 0 Å². The van der Waals surface area contributed by atoms with Crippen LogP contribution in [0.25, 0.3) is 97.4 Å². The Balaban J connectivity index is 1.01. The Morgan fingerprint density at radius 3 is 1.48 bits per heavy atom. The molecule has 0 spiro atoms. The molecule has 0 radical (unpaired) electrons. The maximum absolute atomic E-state index is 2.45. The van der Waals surface area contributed by atoms with Crippen molar-refractivity contribution in [1.82, 2.24) is 0 Å². The van der Waals surface area contributed by atoms with Crippen LogP contribution in [0.4, 0.5) is 17.1 Å². The van der Waals surface area contributed by atoms with Gasteiger partial charge in [0.2, 0.25) is 0 Å². The lowest BCUT2D eigenvalue weighted by Crippen LogP contribution is -2.11. The average molecular weight is 832 g/mol. The lowest BCUT2D eigenvalue weighted by atomic mass is 9.95. The van der Waals surface area contributed by atoms with Crippen molar-refractivity contribution in [3.63, 3.8) is 0 Å². The number of anilines is 3. The first kappa shape index (κ1) is 37.7. The van der Waals surface area contributed by atoms with E-state index in [0.29, 0.717) is 0 Å². The molecule has 0 atom stereocenters. The van der Waals surface area contributed by atoms with E-state index in [1.807, 2.05) is 11.3 Å². The zero-order valence-electron chi connectivity index (χ0n) is 35.0. The second-order valence-corrected chi connectivity index (χ2v) is 17.6. The van der Waals surface area contributed by atoms with Crippen LogP contribution in [0.2, 0.25) is 0 Å². The van der Waals surface area contributed by atoms with Crippen LogP contribution >= 0.6 is 11.3 Å². The minimum absolute atomic E-state index is 1.08. The van der Waals surface area contributed by atoms with Crippen molar-refractivity contribution < 1.29 is 0 Å². The van der Waals surface area contributed by atoms with Gasteiger partial charge in [0.15, 0.2) is 0 Å². The third kappa shape index (κ3) is 7.01. The van der Waals surface area contributed by atoms with Crippen LogP contribution in [-0.2, 0) is 0 Å². The highest BCUT2D eigenvalue weighted by molar-refractivity contribution is 7.25. The Hall–Kier alpha value is -8.04. The Kier molecular flexibility index (Phi) is 9.43. The molecular formula is C62H41NS. The Labute approximate surface area is 377 Å². The summed E-state index contributed by atoms with van der Waals surface area (Å²) in [4.78, 5) is 2.45. The van der Waals surface area contributed by atoms with Crippen molar-refractivity contribution in [2.24, 2.45) is 0 Å². The lowest BCUT2D eigenvalue weighted by molar-refractivity contribution is 1.28. The molecule has 0 unspecified atom stereocenters. The molecular weight excluding hydrogens is 791 g/mol. The summed E-state index contributed by atoms with van der Waals surface area (Å²) in [6.45, 7) is 0. The highest BCUT2D eigenvalue weighted by atomic mass is 32.1. The predicted octanol–water partition coefficient (Wildman–Crippen LogP) is 18.2. The molecule has 0 fully saturated rings. The maximum atomic E-state index is 2.45. The molecule has 0 saturated heterocycles. The monoisotopic (exact) mass is 831 g/mol. The van der Waals surface area contributed by atoms with Gasteiger partial charge in [0.05, 0.1) is 5.69 Å². The molecule has 12 aromatic rings. The SMILES string of the molecule is c1ccc(-c2ccc(-c3ccc4ccccc4c3)cc2N(c2ccc(-c3cccc(-c4ccc5ccccc5c4)c3)cc2)c2cccc(-c3ccc4sc5ccccc5c4c3)c2)cc1. The van der Waals surface area contributed by atoms with Crippen LogP contribution in [0.1, 0.15) is 0 Å². The minimum atomic E-state index is 1.08. The van der Waals surface area contributed by atoms with E-state index in [1.54, 1.807) is 0 Å². The fourth-order valence-corrected chi connectivity index (χ4v) is 10.4. The van der Waals surface area contributed by atoms with Gasteiger partial charge in [-0.05, 0) is 138 Å². The van der Waals surface area contributed by atoms with Gasteiger partial charge in [0.1, 0.15) is 0 Å². The van der Waals surface area contributed by atoms with E-state index in [4.69, 9.17) is 0 Å². The van der Waals surface area contributed by atoms with Gasteiger partial charge in [0, 0.05) is 37.1 Å². The summed E-state index contributed by atoms with van der Waals surface area (Å²) in [6.07, 6.45) is 0. The summed E-state index contributed by atoms with van der Waals surface area (Å²) < 4.78 is 2.63. The van der Waals surface area contributed by atoms with E-state index in [1.165, 1.54) is 91.8 Å². The van der Waals surface area contributed by atoms with Crippen LogP contribution in [0.15, 0.2) is 249 Å². The third-order valence-corrected chi connectivity index (χ3v) is 13.8. The number of rotatable bonds is 8. The summed E-state index contributed by atoms with van der Waals surface area (Å²) in [5.41, 5.74) is 15.1. The zero-order valence-corrected chi connectivity index (χ0v) is 35.8. The largest absolute Gasteiger partial charge is 0.310 e. The van der Waals surface area contributed by atoms with E-state index in [-0.39, 0.29) is 0 Å². The summed E-state index contributed by atoms with van der Waals surface area (Å²) in [7, 11) is 0. The Bertz CT molecular complexity index is 3670. The van der Waals surface area contributed by atoms with Crippen molar-refractivity contribution >= 4 is 70.1 Å². The van der Waals surface area contributed by atoms with Crippen molar-refractivity contribution in [1.29, 1.82) is 0 Å². The topological polar surface area (TPSA) is 3.24 Å². The normalized spacial score (nSPS) is 11.4. The smallest absolute Gasteiger partial charge is 0.0546 e. The van der Waals surface area contributed by atoms with Crippen LogP contribution in [0, 0.1) is 0 Å². The number of hydrogen-bond acceptors (Lipinski definition) is 2. The highest BCUT2D eigenvalue weighted by Gasteiger charge is 2.20. The zero-order chi connectivity index (χ0) is 42.4. The van der Waals surface area contributed by atoms with Crippen LogP contribution in [0.5, 0.6) is 0 Å². The number of benzene rings is 11. The standard InChI is InChI=1S/C62H41NS/c1-2-14-45(15-3-1)57-34-30-54(52-27-25-43-13-5-7-17-47(43)38-52)41-60(57)63(56-21-11-20-50(39-56)53-31-35-62-59(40-53)58-22-8-9-23-61(58)64-62)55-32-28-44(29-33-55)48-18-10-19-49(36-48)51-26-24-42-12-4-6-16-46(42)37-51/h1-41H. The molecule has 0 bridgehead atoms. The van der Waals surface area contributed by atoms with Crippen molar-refractivity contribution in [3.05, 3.63) is 249 Å². The first-order valence-electron chi connectivity index (χ1n) is 21.9. The second kappa shape index (κ2) is 16.0. The number of thiophene rings is 1. The average Bonchev–Trinajstić information content (AvgIpc) is 3.75. The number of hydrogen-bond donors (Lipinski definition) is 0. The van der Waals surface area contributed by atoms with Gasteiger partial charge in [-0.1, -0.05) is 182 Å². The van der Waals surface area contributed by atoms with Gasteiger partial charge in [-0.2, -0.15) is 0 Å². The predicted molar refractivity (Wildman–Crippen MR) is 276 cm³/mol. The molecule has 0 aliphatic carbocycles. The molecule has 11 aromatic carbocycles. The fraction of sp³-hybridized carbons (Fsp3) is 0. The quantitative estimate of drug-likeness (QED) is 0.147. The summed E-state index contributed by atoms with van der Waals surface area (Å²) >= 11 is 1.86. The first-order valence-corrected chi connectivity index (χ1v) is 22.7. The van der Waals surface area contributed by atoms with Crippen molar-refractivity contribution in [2.45, 2.75) is 0 Å². The van der Waals surface area contributed by atoms with Crippen molar-refractivity contribution in [2.75, 3.05) is 4.90 Å². The van der Waals surface area contributed by atoms with Crippen molar-refractivity contribution in [3.8, 4) is 55.6 Å². The molecule has 1 heterocycles. The van der Waals surface area contributed by atoms with Crippen LogP contribution in [0.3, 0.4) is 0 Å². The van der Waals surface area contributed by atoms with Gasteiger partial charge in [-0.15, -0.1) is 11.3 Å². The van der Waals surface area contributed by atoms with E-state index < -0.39 is 0 Å². The first-order chi connectivity index (χ1) is 31.7. The third-order valence-electron chi connectivity index (χ3n) is 12.6. The minimum Gasteiger partial charge on any atom is -0.310 e.